The molecule has 1 amide bonds. The highest BCUT2D eigenvalue weighted by Gasteiger charge is 2.30. The Labute approximate surface area is 195 Å². The van der Waals surface area contributed by atoms with Gasteiger partial charge in [0.25, 0.3) is 0 Å². The van der Waals surface area contributed by atoms with Gasteiger partial charge in [0.2, 0.25) is 15.9 Å². The third kappa shape index (κ3) is 6.19. The number of aromatic hydroxyl groups is 1. The summed E-state index contributed by atoms with van der Waals surface area (Å²) in [6.07, 6.45) is 0.870. The lowest BCUT2D eigenvalue weighted by atomic mass is 10.2. The van der Waals surface area contributed by atoms with Gasteiger partial charge >= 0.3 is 0 Å². The number of carbonyl (C=O) groups excluding carboxylic acids is 2. The quantitative estimate of drug-likeness (QED) is 0.562. The van der Waals surface area contributed by atoms with Gasteiger partial charge in [0.05, 0.1) is 11.4 Å². The normalized spacial score (nSPS) is 15.1. The van der Waals surface area contributed by atoms with E-state index < -0.39 is 10.0 Å². The molecule has 0 radical (unpaired) electrons. The van der Waals surface area contributed by atoms with Crippen molar-refractivity contribution in [2.75, 3.05) is 39.3 Å². The van der Waals surface area contributed by atoms with Gasteiger partial charge in [-0.1, -0.05) is 37.3 Å². The molecule has 0 aromatic heterocycles. The number of sulfonamides is 1. The van der Waals surface area contributed by atoms with Crippen molar-refractivity contribution in [2.45, 2.75) is 31.7 Å². The number of carbonyl (C=O) groups is 2. The summed E-state index contributed by atoms with van der Waals surface area (Å²) in [4.78, 5) is 28.2. The Kier molecular flexibility index (Phi) is 8.23. The molecule has 0 aliphatic carbocycles. The second kappa shape index (κ2) is 10.9. The molecule has 1 N–H and O–H groups in total. The van der Waals surface area contributed by atoms with Gasteiger partial charge in [-0.3, -0.25) is 14.5 Å². The SMILES string of the molecule is CCCN(CC(=O)N1CCN(S(=O)(=O)c2ccc(C(C)=O)cc2)CC1)Cc1ccccc1O. The Morgan fingerprint density at radius 1 is 1.00 bits per heavy atom. The van der Waals surface area contributed by atoms with Crippen molar-refractivity contribution < 1.29 is 23.1 Å². The van der Waals surface area contributed by atoms with Gasteiger partial charge in [-0.15, -0.1) is 0 Å². The zero-order valence-electron chi connectivity index (χ0n) is 19.1. The van der Waals surface area contributed by atoms with Crippen LogP contribution in [0.1, 0.15) is 36.2 Å². The maximum Gasteiger partial charge on any atom is 0.243 e. The van der Waals surface area contributed by atoms with Gasteiger partial charge in [0, 0.05) is 43.9 Å². The predicted molar refractivity (Wildman–Crippen MR) is 125 cm³/mol. The number of nitrogens with zero attached hydrogens (tertiary/aromatic N) is 3. The minimum Gasteiger partial charge on any atom is -0.508 e. The Hall–Kier alpha value is -2.75. The molecule has 1 saturated heterocycles. The molecule has 0 bridgehead atoms. The maximum atomic E-state index is 12.9. The van der Waals surface area contributed by atoms with Gasteiger partial charge in [-0.25, -0.2) is 8.42 Å². The lowest BCUT2D eigenvalue weighted by molar-refractivity contribution is -0.133. The van der Waals surface area contributed by atoms with Crippen LogP contribution in [0.3, 0.4) is 0 Å². The molecule has 178 valence electrons. The topological polar surface area (TPSA) is 98.2 Å². The van der Waals surface area contributed by atoms with Gasteiger partial charge in [0.1, 0.15) is 5.75 Å². The van der Waals surface area contributed by atoms with E-state index in [0.717, 1.165) is 12.0 Å². The van der Waals surface area contributed by atoms with Crippen molar-refractivity contribution in [3.8, 4) is 5.75 Å². The molecule has 1 heterocycles. The van der Waals surface area contributed by atoms with Crippen LogP contribution in [0.15, 0.2) is 53.4 Å². The summed E-state index contributed by atoms with van der Waals surface area (Å²) in [5, 5.41) is 10.1. The van der Waals surface area contributed by atoms with Gasteiger partial charge in [-0.2, -0.15) is 4.31 Å². The van der Waals surface area contributed by atoms with Gasteiger partial charge < -0.3 is 10.0 Å². The van der Waals surface area contributed by atoms with Crippen LogP contribution in [0.4, 0.5) is 0 Å². The molecule has 0 atom stereocenters. The zero-order valence-corrected chi connectivity index (χ0v) is 19.9. The van der Waals surface area contributed by atoms with E-state index >= 15 is 0 Å². The molecule has 2 aromatic rings. The molecule has 0 unspecified atom stereocenters. The highest BCUT2D eigenvalue weighted by atomic mass is 32.2. The monoisotopic (exact) mass is 473 g/mol. The number of piperazine rings is 1. The largest absolute Gasteiger partial charge is 0.508 e. The standard InChI is InChI=1S/C24H31N3O5S/c1-3-12-25(17-21-6-4-5-7-23(21)29)18-24(30)26-13-15-27(16-14-26)33(31,32)22-10-8-20(9-11-22)19(2)28/h4-11,29H,3,12-18H2,1-2H3. The first-order valence-electron chi connectivity index (χ1n) is 11.1. The van der Waals surface area contributed by atoms with E-state index in [1.165, 1.54) is 35.5 Å². The summed E-state index contributed by atoms with van der Waals surface area (Å²) in [5.41, 5.74) is 1.23. The first-order valence-corrected chi connectivity index (χ1v) is 12.5. The van der Waals surface area contributed by atoms with Gasteiger partial charge in [-0.05, 0) is 38.1 Å². The van der Waals surface area contributed by atoms with Crippen molar-refractivity contribution in [3.63, 3.8) is 0 Å². The number of hydrogen-bond acceptors (Lipinski definition) is 6. The van der Waals surface area contributed by atoms with Crippen molar-refractivity contribution in [3.05, 3.63) is 59.7 Å². The van der Waals surface area contributed by atoms with Crippen molar-refractivity contribution >= 4 is 21.7 Å². The number of Topliss-reactive ketones (excluding diaryl/α,β-unsaturated/α-hetero) is 1. The average Bonchev–Trinajstić information content (AvgIpc) is 2.81. The summed E-state index contributed by atoms with van der Waals surface area (Å²) in [7, 11) is -3.68. The van der Waals surface area contributed by atoms with E-state index in [-0.39, 0.29) is 42.0 Å². The average molecular weight is 474 g/mol. The number of ketones is 1. The van der Waals surface area contributed by atoms with Crippen molar-refractivity contribution in [1.29, 1.82) is 0 Å². The van der Waals surface area contributed by atoms with E-state index in [2.05, 4.69) is 0 Å². The highest BCUT2D eigenvalue weighted by Crippen LogP contribution is 2.20. The second-order valence-corrected chi connectivity index (χ2v) is 10.1. The summed E-state index contributed by atoms with van der Waals surface area (Å²) >= 11 is 0. The van der Waals surface area contributed by atoms with Crippen LogP contribution >= 0.6 is 0 Å². The van der Waals surface area contributed by atoms with Crippen LogP contribution in [0.25, 0.3) is 0 Å². The predicted octanol–water partition coefficient (Wildman–Crippen LogP) is 2.34. The highest BCUT2D eigenvalue weighted by molar-refractivity contribution is 7.89. The number of benzene rings is 2. The van der Waals surface area contributed by atoms with E-state index in [1.54, 1.807) is 17.0 Å². The second-order valence-electron chi connectivity index (χ2n) is 8.20. The third-order valence-corrected chi connectivity index (χ3v) is 7.69. The Morgan fingerprint density at radius 3 is 2.21 bits per heavy atom. The number of phenols is 1. The molecule has 1 aliphatic heterocycles. The van der Waals surface area contributed by atoms with Crippen LogP contribution in [-0.4, -0.2) is 78.6 Å². The Bertz CT molecular complexity index is 1080. The van der Waals surface area contributed by atoms with Crippen LogP contribution in [0.2, 0.25) is 0 Å². The molecule has 33 heavy (non-hydrogen) atoms. The number of hydrogen-bond donors (Lipinski definition) is 1. The molecule has 0 spiro atoms. The van der Waals surface area contributed by atoms with E-state index in [1.807, 2.05) is 24.0 Å². The number of amides is 1. The molecule has 1 fully saturated rings. The van der Waals surface area contributed by atoms with Gasteiger partial charge in [0.15, 0.2) is 5.78 Å². The fourth-order valence-corrected chi connectivity index (χ4v) is 5.32. The Morgan fingerprint density at radius 2 is 1.64 bits per heavy atom. The molecule has 0 saturated carbocycles. The number of rotatable bonds is 9. The lowest BCUT2D eigenvalue weighted by Crippen LogP contribution is -2.52. The first-order chi connectivity index (χ1) is 15.7. The molecular weight excluding hydrogens is 442 g/mol. The van der Waals surface area contributed by atoms with Crippen molar-refractivity contribution in [2.24, 2.45) is 0 Å². The fourth-order valence-electron chi connectivity index (χ4n) is 3.90. The summed E-state index contributed by atoms with van der Waals surface area (Å²) in [6.45, 7) is 5.94. The van der Waals surface area contributed by atoms with E-state index in [4.69, 9.17) is 0 Å². The smallest absolute Gasteiger partial charge is 0.243 e. The maximum absolute atomic E-state index is 12.9. The zero-order chi connectivity index (χ0) is 24.0. The fraction of sp³-hybridized carbons (Fsp3) is 0.417. The van der Waals surface area contributed by atoms with Crippen LogP contribution in [-0.2, 0) is 21.4 Å². The number of para-hydroxylation sites is 1. The molecule has 2 aromatic carbocycles. The molecule has 9 heteroatoms. The minimum absolute atomic E-state index is 0.0540. The minimum atomic E-state index is -3.68. The molecule has 3 rings (SSSR count). The van der Waals surface area contributed by atoms with E-state index in [9.17, 15) is 23.1 Å². The number of phenolic OH excluding ortho intramolecular Hbond substituents is 1. The van der Waals surface area contributed by atoms with Crippen LogP contribution in [0, 0.1) is 0 Å². The lowest BCUT2D eigenvalue weighted by Gasteiger charge is -2.35. The summed E-state index contributed by atoms with van der Waals surface area (Å²) < 4.78 is 27.3. The Balaban J connectivity index is 1.59. The molecule has 1 aliphatic rings. The van der Waals surface area contributed by atoms with Crippen molar-refractivity contribution in [1.82, 2.24) is 14.1 Å². The van der Waals surface area contributed by atoms with Crippen LogP contribution in [0.5, 0.6) is 5.75 Å². The van der Waals surface area contributed by atoms with Crippen LogP contribution < -0.4 is 0 Å². The molecular formula is C24H31N3O5S. The summed E-state index contributed by atoms with van der Waals surface area (Å²) in [5.74, 6) is 0.0357. The third-order valence-electron chi connectivity index (χ3n) is 5.77. The first kappa shape index (κ1) is 24.9. The summed E-state index contributed by atoms with van der Waals surface area (Å²) in [6, 6.07) is 13.0. The molecule has 8 nitrogen and oxygen atoms in total. The van der Waals surface area contributed by atoms with E-state index in [0.29, 0.717) is 31.7 Å².